The molecule has 2 aromatic rings. The van der Waals surface area contributed by atoms with Crippen LogP contribution in [0.1, 0.15) is 32.1 Å². The van der Waals surface area contributed by atoms with Gasteiger partial charge in [0.1, 0.15) is 0 Å². The van der Waals surface area contributed by atoms with Crippen LogP contribution in [0.5, 0.6) is 0 Å². The smallest absolute Gasteiger partial charge is 0.0618 e. The first-order chi connectivity index (χ1) is 13.4. The molecule has 0 bridgehead atoms. The molecular formula is C24H32NOP. The Labute approximate surface area is 165 Å². The highest BCUT2D eigenvalue weighted by atomic mass is 31.1. The van der Waals surface area contributed by atoms with E-state index in [1.807, 2.05) is 7.11 Å². The van der Waals surface area contributed by atoms with E-state index in [-0.39, 0.29) is 7.92 Å². The van der Waals surface area contributed by atoms with Crippen LogP contribution in [-0.4, -0.2) is 43.4 Å². The Morgan fingerprint density at radius 3 is 2.19 bits per heavy atom. The number of rotatable bonds is 7. The van der Waals surface area contributed by atoms with E-state index in [0.29, 0.717) is 6.04 Å². The fraction of sp³-hybridized carbons (Fsp3) is 0.500. The molecule has 3 heteroatoms. The summed E-state index contributed by atoms with van der Waals surface area (Å²) in [5, 5.41) is 3.09. The maximum atomic E-state index is 5.50. The molecule has 1 aliphatic heterocycles. The molecule has 0 spiro atoms. The molecule has 2 aliphatic rings. The highest BCUT2D eigenvalue weighted by Crippen LogP contribution is 2.50. The van der Waals surface area contributed by atoms with Crippen molar-refractivity contribution in [1.82, 2.24) is 4.90 Å². The van der Waals surface area contributed by atoms with Crippen LogP contribution >= 0.6 is 7.92 Å². The SMILES string of the molecule is COC[C@@H]1CCCN1C[C@H]1CCCC1P(c1ccccc1)c1ccccc1. The van der Waals surface area contributed by atoms with E-state index in [1.165, 1.54) is 45.2 Å². The zero-order valence-corrected chi connectivity index (χ0v) is 17.4. The minimum Gasteiger partial charge on any atom is -0.383 e. The van der Waals surface area contributed by atoms with Crippen LogP contribution in [0.4, 0.5) is 0 Å². The van der Waals surface area contributed by atoms with Gasteiger partial charge in [0, 0.05) is 19.7 Å². The number of methoxy groups -OCH3 is 1. The Morgan fingerprint density at radius 1 is 0.889 bits per heavy atom. The zero-order chi connectivity index (χ0) is 18.5. The third kappa shape index (κ3) is 4.45. The summed E-state index contributed by atoms with van der Waals surface area (Å²) >= 11 is 0. The average Bonchev–Trinajstić information content (AvgIpc) is 3.35. The molecule has 0 aromatic heterocycles. The van der Waals surface area contributed by atoms with Crippen molar-refractivity contribution in [3.05, 3.63) is 60.7 Å². The first kappa shape index (κ1) is 19.1. The summed E-state index contributed by atoms with van der Waals surface area (Å²) in [4.78, 5) is 2.73. The van der Waals surface area contributed by atoms with E-state index in [0.717, 1.165) is 18.2 Å². The maximum Gasteiger partial charge on any atom is 0.0618 e. The van der Waals surface area contributed by atoms with Gasteiger partial charge in [0.05, 0.1) is 6.61 Å². The Balaban J connectivity index is 1.57. The first-order valence-electron chi connectivity index (χ1n) is 10.5. The van der Waals surface area contributed by atoms with E-state index < -0.39 is 0 Å². The Kier molecular flexibility index (Phi) is 6.60. The molecule has 144 valence electrons. The van der Waals surface area contributed by atoms with Crippen LogP contribution in [0, 0.1) is 5.92 Å². The quantitative estimate of drug-likeness (QED) is 0.659. The van der Waals surface area contributed by atoms with Crippen molar-refractivity contribution in [2.24, 2.45) is 5.92 Å². The largest absolute Gasteiger partial charge is 0.383 e. The van der Waals surface area contributed by atoms with E-state index >= 15 is 0 Å². The highest BCUT2D eigenvalue weighted by molar-refractivity contribution is 7.73. The number of likely N-dealkylation sites (tertiary alicyclic amines) is 1. The second kappa shape index (κ2) is 9.32. The molecule has 27 heavy (non-hydrogen) atoms. The molecule has 3 atom stereocenters. The van der Waals surface area contributed by atoms with E-state index in [2.05, 4.69) is 65.6 Å². The molecule has 1 saturated carbocycles. The van der Waals surface area contributed by atoms with Gasteiger partial charge in [-0.2, -0.15) is 0 Å². The van der Waals surface area contributed by atoms with Crippen molar-refractivity contribution in [3.63, 3.8) is 0 Å². The van der Waals surface area contributed by atoms with Gasteiger partial charge in [0.15, 0.2) is 0 Å². The lowest BCUT2D eigenvalue weighted by Crippen LogP contribution is -2.39. The topological polar surface area (TPSA) is 12.5 Å². The Bertz CT molecular complexity index is 653. The Morgan fingerprint density at radius 2 is 1.56 bits per heavy atom. The summed E-state index contributed by atoms with van der Waals surface area (Å²) in [5.74, 6) is 0.814. The van der Waals surface area contributed by atoms with E-state index in [1.54, 1.807) is 10.6 Å². The van der Waals surface area contributed by atoms with Gasteiger partial charge in [0.2, 0.25) is 0 Å². The van der Waals surface area contributed by atoms with Crippen molar-refractivity contribution in [3.8, 4) is 0 Å². The highest BCUT2D eigenvalue weighted by Gasteiger charge is 2.37. The second-order valence-electron chi connectivity index (χ2n) is 8.05. The minimum absolute atomic E-state index is 0.292. The van der Waals surface area contributed by atoms with Gasteiger partial charge < -0.3 is 4.74 Å². The summed E-state index contributed by atoms with van der Waals surface area (Å²) in [6.07, 6.45) is 6.79. The van der Waals surface area contributed by atoms with Gasteiger partial charge in [-0.1, -0.05) is 67.1 Å². The summed E-state index contributed by atoms with van der Waals surface area (Å²) in [6.45, 7) is 3.41. The van der Waals surface area contributed by atoms with Crippen LogP contribution in [0.25, 0.3) is 0 Å². The number of hydrogen-bond acceptors (Lipinski definition) is 2. The summed E-state index contributed by atoms with van der Waals surface area (Å²) in [5.41, 5.74) is 0.800. The summed E-state index contributed by atoms with van der Waals surface area (Å²) in [7, 11) is 1.55. The zero-order valence-electron chi connectivity index (χ0n) is 16.5. The predicted molar refractivity (Wildman–Crippen MR) is 117 cm³/mol. The van der Waals surface area contributed by atoms with E-state index in [9.17, 15) is 0 Å². The van der Waals surface area contributed by atoms with Crippen LogP contribution in [-0.2, 0) is 4.74 Å². The van der Waals surface area contributed by atoms with Crippen molar-refractivity contribution < 1.29 is 4.74 Å². The molecule has 2 aromatic carbocycles. The van der Waals surface area contributed by atoms with Crippen LogP contribution in [0.2, 0.25) is 0 Å². The lowest BCUT2D eigenvalue weighted by Gasteiger charge is -2.34. The lowest BCUT2D eigenvalue weighted by molar-refractivity contribution is 0.106. The number of benzene rings is 2. The molecular weight excluding hydrogens is 349 g/mol. The molecule has 0 amide bonds. The molecule has 1 aliphatic carbocycles. The van der Waals surface area contributed by atoms with Crippen molar-refractivity contribution >= 4 is 18.5 Å². The maximum absolute atomic E-state index is 5.50. The fourth-order valence-electron chi connectivity index (χ4n) is 5.10. The minimum atomic E-state index is -0.292. The van der Waals surface area contributed by atoms with Gasteiger partial charge in [-0.05, 0) is 62.3 Å². The molecule has 1 unspecified atom stereocenters. The third-order valence-corrected chi connectivity index (χ3v) is 9.40. The molecule has 2 nitrogen and oxygen atoms in total. The molecule has 0 N–H and O–H groups in total. The lowest BCUT2D eigenvalue weighted by atomic mass is 10.1. The number of nitrogens with zero attached hydrogens (tertiary/aromatic N) is 1. The normalized spacial score (nSPS) is 26.1. The van der Waals surface area contributed by atoms with Gasteiger partial charge in [-0.25, -0.2) is 0 Å². The van der Waals surface area contributed by atoms with Gasteiger partial charge in [-0.15, -0.1) is 0 Å². The van der Waals surface area contributed by atoms with Crippen molar-refractivity contribution in [1.29, 1.82) is 0 Å². The van der Waals surface area contributed by atoms with Crippen molar-refractivity contribution in [2.75, 3.05) is 26.8 Å². The summed E-state index contributed by atoms with van der Waals surface area (Å²) < 4.78 is 5.50. The number of ether oxygens (including phenoxy) is 1. The second-order valence-corrected chi connectivity index (χ2v) is 10.5. The average molecular weight is 382 g/mol. The first-order valence-corrected chi connectivity index (χ1v) is 11.9. The van der Waals surface area contributed by atoms with Gasteiger partial charge in [-0.3, -0.25) is 4.90 Å². The molecule has 2 fully saturated rings. The molecule has 1 saturated heterocycles. The molecule has 4 rings (SSSR count). The third-order valence-electron chi connectivity index (χ3n) is 6.35. The molecule has 1 heterocycles. The van der Waals surface area contributed by atoms with E-state index in [4.69, 9.17) is 4.74 Å². The molecule has 0 radical (unpaired) electrons. The van der Waals surface area contributed by atoms with Gasteiger partial charge in [0.25, 0.3) is 0 Å². The fourth-order valence-corrected chi connectivity index (χ4v) is 8.25. The van der Waals surface area contributed by atoms with Crippen LogP contribution in [0.3, 0.4) is 0 Å². The predicted octanol–water partition coefficient (Wildman–Crippen LogP) is 4.40. The van der Waals surface area contributed by atoms with Crippen LogP contribution in [0.15, 0.2) is 60.7 Å². The van der Waals surface area contributed by atoms with Gasteiger partial charge >= 0.3 is 0 Å². The monoisotopic (exact) mass is 381 g/mol. The van der Waals surface area contributed by atoms with Crippen LogP contribution < -0.4 is 10.6 Å². The number of hydrogen-bond donors (Lipinski definition) is 0. The Hall–Kier alpha value is -1.21. The standard InChI is InChI=1S/C24H32NOP/c1-26-19-21-11-9-17-25(21)18-20-10-8-16-24(20)27(22-12-4-2-5-13-22)23-14-6-3-7-15-23/h2-7,12-15,20-21,24H,8-11,16-19H2,1H3/t20-,21+,24?/m1/s1. The van der Waals surface area contributed by atoms with Crippen molar-refractivity contribution in [2.45, 2.75) is 43.8 Å². The summed E-state index contributed by atoms with van der Waals surface area (Å²) in [6, 6.07) is 23.2.